The van der Waals surface area contributed by atoms with Gasteiger partial charge in [0.1, 0.15) is 11.6 Å². The highest BCUT2D eigenvalue weighted by Crippen LogP contribution is 2.31. The van der Waals surface area contributed by atoms with E-state index in [9.17, 15) is 8.78 Å². The van der Waals surface area contributed by atoms with E-state index in [1.165, 1.54) is 6.07 Å². The summed E-state index contributed by atoms with van der Waals surface area (Å²) in [6.07, 6.45) is 1.93. The number of piperidine rings is 1. The average Bonchev–Trinajstić information content (AvgIpc) is 2.34. The maximum Gasteiger partial charge on any atom is 0.149 e. The van der Waals surface area contributed by atoms with Crippen LogP contribution in [0.15, 0.2) is 16.6 Å². The molecule has 0 saturated carbocycles. The van der Waals surface area contributed by atoms with Crippen molar-refractivity contribution < 1.29 is 8.78 Å². The molecule has 1 heterocycles. The van der Waals surface area contributed by atoms with E-state index < -0.39 is 11.6 Å². The lowest BCUT2D eigenvalue weighted by atomic mass is 9.97. The second kappa shape index (κ2) is 5.53. The van der Waals surface area contributed by atoms with Crippen LogP contribution in [0.1, 0.15) is 19.8 Å². The molecule has 5 heteroatoms. The molecule has 1 aromatic rings. The molecule has 1 aliphatic heterocycles. The summed E-state index contributed by atoms with van der Waals surface area (Å²) < 4.78 is 27.4. The number of benzene rings is 1. The van der Waals surface area contributed by atoms with E-state index >= 15 is 0 Å². The zero-order chi connectivity index (χ0) is 13.3. The van der Waals surface area contributed by atoms with Crippen LogP contribution in [0.3, 0.4) is 0 Å². The molecule has 1 fully saturated rings. The smallest absolute Gasteiger partial charge is 0.149 e. The topological polar surface area (TPSA) is 15.3 Å². The molecular weight excluding hydrogens is 302 g/mol. The van der Waals surface area contributed by atoms with Gasteiger partial charge in [-0.1, -0.05) is 0 Å². The lowest BCUT2D eigenvalue weighted by molar-refractivity contribution is 0.383. The number of hydrogen-bond acceptors (Lipinski definition) is 2. The van der Waals surface area contributed by atoms with Gasteiger partial charge in [0, 0.05) is 24.7 Å². The van der Waals surface area contributed by atoms with E-state index in [1.807, 2.05) is 11.9 Å². The van der Waals surface area contributed by atoms with Crippen molar-refractivity contribution in [1.29, 1.82) is 0 Å². The number of halogens is 3. The molecule has 2 unspecified atom stereocenters. The zero-order valence-corrected chi connectivity index (χ0v) is 12.1. The molecule has 2 nitrogen and oxygen atoms in total. The van der Waals surface area contributed by atoms with Gasteiger partial charge in [-0.2, -0.15) is 0 Å². The van der Waals surface area contributed by atoms with Gasteiger partial charge in [-0.3, -0.25) is 0 Å². The monoisotopic (exact) mass is 318 g/mol. The summed E-state index contributed by atoms with van der Waals surface area (Å²) in [5.74, 6) is -1.06. The fourth-order valence-electron chi connectivity index (χ4n) is 2.52. The molecule has 18 heavy (non-hydrogen) atoms. The van der Waals surface area contributed by atoms with E-state index in [4.69, 9.17) is 0 Å². The fraction of sp³-hybridized carbons (Fsp3) is 0.538. The summed E-state index contributed by atoms with van der Waals surface area (Å²) in [4.78, 5) is 2.01. The van der Waals surface area contributed by atoms with Crippen LogP contribution < -0.4 is 10.2 Å². The molecule has 1 aromatic carbocycles. The highest BCUT2D eigenvalue weighted by molar-refractivity contribution is 9.10. The van der Waals surface area contributed by atoms with Gasteiger partial charge < -0.3 is 10.2 Å². The van der Waals surface area contributed by atoms with E-state index in [-0.39, 0.29) is 6.04 Å². The Bertz CT molecular complexity index is 439. The Morgan fingerprint density at radius 1 is 1.33 bits per heavy atom. The summed E-state index contributed by atoms with van der Waals surface area (Å²) in [6.45, 7) is 2.85. The van der Waals surface area contributed by atoms with Crippen LogP contribution in [-0.2, 0) is 0 Å². The van der Waals surface area contributed by atoms with Gasteiger partial charge in [0.2, 0.25) is 0 Å². The Balaban J connectivity index is 2.24. The maximum absolute atomic E-state index is 13.8. The quantitative estimate of drug-likeness (QED) is 0.842. The predicted molar refractivity (Wildman–Crippen MR) is 72.9 cm³/mol. The van der Waals surface area contributed by atoms with Gasteiger partial charge in [0.15, 0.2) is 0 Å². The molecule has 0 bridgehead atoms. The van der Waals surface area contributed by atoms with Crippen LogP contribution in [0.2, 0.25) is 0 Å². The van der Waals surface area contributed by atoms with Crippen LogP contribution in [0.5, 0.6) is 0 Å². The van der Waals surface area contributed by atoms with Crippen molar-refractivity contribution in [1.82, 2.24) is 5.32 Å². The van der Waals surface area contributed by atoms with Gasteiger partial charge in [-0.15, -0.1) is 0 Å². The molecule has 0 radical (unpaired) electrons. The van der Waals surface area contributed by atoms with Crippen molar-refractivity contribution in [3.05, 3.63) is 28.2 Å². The Labute approximate surface area is 114 Å². The third-order valence-electron chi connectivity index (χ3n) is 3.58. The van der Waals surface area contributed by atoms with Crippen LogP contribution in [0, 0.1) is 11.6 Å². The molecule has 2 atom stereocenters. The largest absolute Gasteiger partial charge is 0.366 e. The van der Waals surface area contributed by atoms with Crippen LogP contribution in [0.4, 0.5) is 14.5 Å². The number of nitrogens with one attached hydrogen (secondary N) is 1. The van der Waals surface area contributed by atoms with Crippen molar-refractivity contribution in [2.75, 3.05) is 18.5 Å². The fourth-order valence-corrected chi connectivity index (χ4v) is 2.86. The average molecular weight is 319 g/mol. The highest BCUT2D eigenvalue weighted by Gasteiger charge is 2.26. The van der Waals surface area contributed by atoms with E-state index in [1.54, 1.807) is 0 Å². The third kappa shape index (κ3) is 2.67. The molecule has 1 N–H and O–H groups in total. The van der Waals surface area contributed by atoms with Crippen molar-refractivity contribution in [3.8, 4) is 0 Å². The SMILES string of the molecule is CNC1CCN(c2cc(Br)c(F)cc2F)C(C)C1. The molecule has 2 rings (SSSR count). The van der Waals surface area contributed by atoms with Gasteiger partial charge in [-0.05, 0) is 48.8 Å². The standard InChI is InChI=1S/C13H17BrF2N2/c1-8-5-9(17-2)3-4-18(8)13-6-10(14)11(15)7-12(13)16/h6-9,17H,3-5H2,1-2H3. The lowest BCUT2D eigenvalue weighted by Gasteiger charge is -2.39. The third-order valence-corrected chi connectivity index (χ3v) is 4.19. The summed E-state index contributed by atoms with van der Waals surface area (Å²) >= 11 is 3.11. The molecule has 1 saturated heterocycles. The second-order valence-corrected chi connectivity index (χ2v) is 5.62. The van der Waals surface area contributed by atoms with Crippen LogP contribution in [-0.4, -0.2) is 25.7 Å². The van der Waals surface area contributed by atoms with Crippen LogP contribution >= 0.6 is 15.9 Å². The molecule has 1 aliphatic rings. The second-order valence-electron chi connectivity index (χ2n) is 4.77. The lowest BCUT2D eigenvalue weighted by Crippen LogP contribution is -2.47. The predicted octanol–water partition coefficient (Wildman–Crippen LogP) is 3.30. The van der Waals surface area contributed by atoms with Crippen molar-refractivity contribution in [3.63, 3.8) is 0 Å². The van der Waals surface area contributed by atoms with Gasteiger partial charge in [0.05, 0.1) is 10.2 Å². The first-order chi connectivity index (χ1) is 8.52. The Morgan fingerprint density at radius 2 is 2.06 bits per heavy atom. The molecule has 0 aliphatic carbocycles. The number of hydrogen-bond donors (Lipinski definition) is 1. The van der Waals surface area contributed by atoms with Crippen molar-refractivity contribution >= 4 is 21.6 Å². The number of anilines is 1. The molecule has 0 amide bonds. The Morgan fingerprint density at radius 3 is 2.67 bits per heavy atom. The number of nitrogens with zero attached hydrogens (tertiary/aromatic N) is 1. The summed E-state index contributed by atoms with van der Waals surface area (Å²) in [5.41, 5.74) is 0.477. The summed E-state index contributed by atoms with van der Waals surface area (Å²) in [5, 5.41) is 3.25. The Kier molecular flexibility index (Phi) is 4.22. The minimum absolute atomic E-state index is 0.239. The highest BCUT2D eigenvalue weighted by atomic mass is 79.9. The summed E-state index contributed by atoms with van der Waals surface area (Å²) in [6, 6.07) is 3.18. The molecule has 100 valence electrons. The van der Waals surface area contributed by atoms with Crippen LogP contribution in [0.25, 0.3) is 0 Å². The zero-order valence-electron chi connectivity index (χ0n) is 10.5. The van der Waals surface area contributed by atoms with Gasteiger partial charge in [-0.25, -0.2) is 8.78 Å². The molecular formula is C13H17BrF2N2. The molecule has 0 aromatic heterocycles. The van der Waals surface area contributed by atoms with E-state index in [0.717, 1.165) is 25.5 Å². The Hall–Kier alpha value is -0.680. The normalized spacial score (nSPS) is 24.4. The van der Waals surface area contributed by atoms with E-state index in [2.05, 4.69) is 28.2 Å². The first-order valence-corrected chi connectivity index (χ1v) is 6.90. The first-order valence-electron chi connectivity index (χ1n) is 6.11. The number of rotatable bonds is 2. The minimum Gasteiger partial charge on any atom is -0.366 e. The van der Waals surface area contributed by atoms with Crippen molar-refractivity contribution in [2.45, 2.75) is 31.8 Å². The van der Waals surface area contributed by atoms with Gasteiger partial charge >= 0.3 is 0 Å². The minimum atomic E-state index is -0.561. The maximum atomic E-state index is 13.8. The van der Waals surface area contributed by atoms with Crippen molar-refractivity contribution in [2.24, 2.45) is 0 Å². The molecule has 0 spiro atoms. The first kappa shape index (κ1) is 13.7. The summed E-state index contributed by atoms with van der Waals surface area (Å²) in [7, 11) is 1.95. The van der Waals surface area contributed by atoms with E-state index in [0.29, 0.717) is 16.2 Å². The van der Waals surface area contributed by atoms with Gasteiger partial charge in [0.25, 0.3) is 0 Å².